The van der Waals surface area contributed by atoms with Gasteiger partial charge in [0, 0.05) is 12.6 Å². The summed E-state index contributed by atoms with van der Waals surface area (Å²) >= 11 is 0. The number of aromatic nitrogens is 1. The summed E-state index contributed by atoms with van der Waals surface area (Å²) in [5.74, 6) is 1.27. The van der Waals surface area contributed by atoms with Crippen molar-refractivity contribution in [1.82, 2.24) is 4.98 Å². The van der Waals surface area contributed by atoms with Gasteiger partial charge in [0.1, 0.15) is 11.7 Å². The number of benzene rings is 1. The van der Waals surface area contributed by atoms with E-state index in [1.165, 1.54) is 0 Å². The van der Waals surface area contributed by atoms with Gasteiger partial charge in [-0.1, -0.05) is 36.9 Å². The van der Waals surface area contributed by atoms with Crippen molar-refractivity contribution in [3.8, 4) is 11.3 Å². The molecule has 0 aliphatic heterocycles. The summed E-state index contributed by atoms with van der Waals surface area (Å²) in [7, 11) is 1.64. The fourth-order valence-corrected chi connectivity index (χ4v) is 2.11. The summed E-state index contributed by atoms with van der Waals surface area (Å²) < 4.78 is 0. The summed E-state index contributed by atoms with van der Waals surface area (Å²) in [4.78, 5) is 8.63. The van der Waals surface area contributed by atoms with E-state index >= 15 is 0 Å². The summed E-state index contributed by atoms with van der Waals surface area (Å²) in [5.41, 5.74) is 15.2. The summed E-state index contributed by atoms with van der Waals surface area (Å²) in [5, 5.41) is 2.95. The first-order chi connectivity index (χ1) is 10.0. The molecule has 21 heavy (non-hydrogen) atoms. The van der Waals surface area contributed by atoms with Gasteiger partial charge in [0.25, 0.3) is 0 Å². The molecule has 5 heteroatoms. The Morgan fingerprint density at radius 1 is 1.24 bits per heavy atom. The Morgan fingerprint density at radius 2 is 1.90 bits per heavy atom. The number of pyridine rings is 1. The van der Waals surface area contributed by atoms with Gasteiger partial charge in [-0.2, -0.15) is 0 Å². The molecule has 2 aromatic rings. The molecule has 108 valence electrons. The number of aryl methyl sites for hydroxylation is 1. The van der Waals surface area contributed by atoms with Crippen LogP contribution in [0.15, 0.2) is 53.8 Å². The molecule has 0 aliphatic rings. The standard InChI is InChI=1S/C16H19N5/c1-10-9-13(12-7-5-4-6-8-12)21-16(20-11(2)17)14(10)15(18)19-3/h4-9H,2,17H2,1,3H3,(H2,18,19)(H,20,21). The topological polar surface area (TPSA) is 89.3 Å². The zero-order valence-electron chi connectivity index (χ0n) is 12.2. The summed E-state index contributed by atoms with van der Waals surface area (Å²) in [6.45, 7) is 5.62. The number of hydrogen-bond acceptors (Lipinski definition) is 4. The van der Waals surface area contributed by atoms with Gasteiger partial charge in [0.15, 0.2) is 0 Å². The van der Waals surface area contributed by atoms with Crippen LogP contribution in [0.25, 0.3) is 11.3 Å². The van der Waals surface area contributed by atoms with Crippen LogP contribution in [0, 0.1) is 6.92 Å². The van der Waals surface area contributed by atoms with Crippen LogP contribution in [0.2, 0.25) is 0 Å². The number of nitrogens with one attached hydrogen (secondary N) is 1. The maximum Gasteiger partial charge on any atom is 0.143 e. The Bertz CT molecular complexity index is 689. The molecule has 1 aromatic heterocycles. The van der Waals surface area contributed by atoms with Gasteiger partial charge in [-0.05, 0) is 18.6 Å². The van der Waals surface area contributed by atoms with Crippen LogP contribution in [0.1, 0.15) is 11.1 Å². The molecule has 5 nitrogen and oxygen atoms in total. The Hall–Kier alpha value is -2.82. The van der Waals surface area contributed by atoms with Crippen molar-refractivity contribution in [3.63, 3.8) is 0 Å². The average molecular weight is 281 g/mol. The summed E-state index contributed by atoms with van der Waals surface area (Å²) in [6.07, 6.45) is 0. The molecule has 5 N–H and O–H groups in total. The predicted molar refractivity (Wildman–Crippen MR) is 88.0 cm³/mol. The van der Waals surface area contributed by atoms with Crippen LogP contribution < -0.4 is 16.8 Å². The number of hydrogen-bond donors (Lipinski definition) is 3. The number of nitrogens with zero attached hydrogens (tertiary/aromatic N) is 2. The minimum Gasteiger partial charge on any atom is -0.386 e. The molecule has 2 rings (SSSR count). The van der Waals surface area contributed by atoms with Gasteiger partial charge in [-0.3, -0.25) is 4.99 Å². The monoisotopic (exact) mass is 281 g/mol. The van der Waals surface area contributed by atoms with E-state index in [1.807, 2.05) is 43.3 Å². The largest absolute Gasteiger partial charge is 0.386 e. The van der Waals surface area contributed by atoms with E-state index in [0.717, 1.165) is 22.4 Å². The van der Waals surface area contributed by atoms with E-state index < -0.39 is 0 Å². The first-order valence-corrected chi connectivity index (χ1v) is 6.54. The first-order valence-electron chi connectivity index (χ1n) is 6.54. The molecule has 0 atom stereocenters. The van der Waals surface area contributed by atoms with Crippen molar-refractivity contribution in [1.29, 1.82) is 0 Å². The van der Waals surface area contributed by atoms with Crippen LogP contribution >= 0.6 is 0 Å². The van der Waals surface area contributed by atoms with Crippen molar-refractivity contribution in [2.75, 3.05) is 12.4 Å². The Kier molecular flexibility index (Phi) is 4.23. The zero-order valence-corrected chi connectivity index (χ0v) is 12.2. The minimum atomic E-state index is 0.303. The lowest BCUT2D eigenvalue weighted by atomic mass is 10.0. The number of anilines is 1. The van der Waals surface area contributed by atoms with Crippen molar-refractivity contribution in [2.45, 2.75) is 6.92 Å². The lowest BCUT2D eigenvalue weighted by Crippen LogP contribution is -2.20. The third-order valence-electron chi connectivity index (χ3n) is 3.06. The Morgan fingerprint density at radius 3 is 2.48 bits per heavy atom. The van der Waals surface area contributed by atoms with Crippen molar-refractivity contribution in [3.05, 3.63) is 59.9 Å². The fraction of sp³-hybridized carbons (Fsp3) is 0.125. The molecule has 0 radical (unpaired) electrons. The van der Waals surface area contributed by atoms with E-state index in [-0.39, 0.29) is 0 Å². The lowest BCUT2D eigenvalue weighted by Gasteiger charge is -2.15. The maximum absolute atomic E-state index is 5.96. The highest BCUT2D eigenvalue weighted by atomic mass is 15.1. The first kappa shape index (κ1) is 14.6. The maximum atomic E-state index is 5.96. The van der Waals surface area contributed by atoms with E-state index in [0.29, 0.717) is 17.5 Å². The van der Waals surface area contributed by atoms with Crippen molar-refractivity contribution < 1.29 is 0 Å². The van der Waals surface area contributed by atoms with Crippen molar-refractivity contribution >= 4 is 11.7 Å². The molecule has 0 saturated carbocycles. The van der Waals surface area contributed by atoms with Crippen LogP contribution in [0.5, 0.6) is 0 Å². The average Bonchev–Trinajstić information content (AvgIpc) is 2.46. The van der Waals surface area contributed by atoms with Gasteiger partial charge in [-0.15, -0.1) is 0 Å². The number of amidine groups is 1. The van der Waals surface area contributed by atoms with Crippen LogP contribution in [-0.4, -0.2) is 17.9 Å². The van der Waals surface area contributed by atoms with Crippen LogP contribution in [0.3, 0.4) is 0 Å². The van der Waals surface area contributed by atoms with E-state index in [1.54, 1.807) is 7.05 Å². The quantitative estimate of drug-likeness (QED) is 0.592. The number of rotatable bonds is 4. The molecule has 0 saturated heterocycles. The molecule has 0 amide bonds. The molecule has 1 heterocycles. The fourth-order valence-electron chi connectivity index (χ4n) is 2.11. The SMILES string of the molecule is C=C(N)Nc1nc(-c2ccccc2)cc(C)c1C(N)=NC. The van der Waals surface area contributed by atoms with Gasteiger partial charge in [0.2, 0.25) is 0 Å². The highest BCUT2D eigenvalue weighted by Crippen LogP contribution is 2.25. The van der Waals surface area contributed by atoms with Gasteiger partial charge < -0.3 is 16.8 Å². The second-order valence-corrected chi connectivity index (χ2v) is 4.67. The van der Waals surface area contributed by atoms with E-state index in [2.05, 4.69) is 21.9 Å². The third kappa shape index (κ3) is 3.20. The van der Waals surface area contributed by atoms with Crippen LogP contribution in [0.4, 0.5) is 5.82 Å². The van der Waals surface area contributed by atoms with Gasteiger partial charge in [-0.25, -0.2) is 4.98 Å². The molecule has 0 bridgehead atoms. The minimum absolute atomic E-state index is 0.303. The van der Waals surface area contributed by atoms with E-state index in [4.69, 9.17) is 11.5 Å². The van der Waals surface area contributed by atoms with Gasteiger partial charge in [0.05, 0.1) is 17.1 Å². The molecule has 0 fully saturated rings. The molecule has 0 unspecified atom stereocenters. The number of aliphatic imine (C=N–C) groups is 1. The predicted octanol–water partition coefficient (Wildman–Crippen LogP) is 2.23. The Balaban J connectivity index is 2.63. The molecular weight excluding hydrogens is 262 g/mol. The Labute approximate surface area is 124 Å². The smallest absolute Gasteiger partial charge is 0.143 e. The molecular formula is C16H19N5. The second kappa shape index (κ2) is 6.09. The number of nitrogens with two attached hydrogens (primary N) is 2. The summed E-state index contributed by atoms with van der Waals surface area (Å²) in [6, 6.07) is 11.9. The zero-order chi connectivity index (χ0) is 15.4. The third-order valence-corrected chi connectivity index (χ3v) is 3.06. The second-order valence-electron chi connectivity index (χ2n) is 4.67. The normalized spacial score (nSPS) is 11.2. The molecule has 0 aliphatic carbocycles. The molecule has 0 spiro atoms. The van der Waals surface area contributed by atoms with Gasteiger partial charge >= 0.3 is 0 Å². The van der Waals surface area contributed by atoms with Crippen molar-refractivity contribution in [2.24, 2.45) is 16.5 Å². The van der Waals surface area contributed by atoms with E-state index in [9.17, 15) is 0 Å². The highest BCUT2D eigenvalue weighted by molar-refractivity contribution is 6.03. The highest BCUT2D eigenvalue weighted by Gasteiger charge is 2.14. The van der Waals surface area contributed by atoms with Crippen LogP contribution in [-0.2, 0) is 0 Å². The lowest BCUT2D eigenvalue weighted by molar-refractivity contribution is 1.20. The molecule has 1 aromatic carbocycles.